The molecule has 0 spiro atoms. The minimum Gasteiger partial charge on any atom is -0.497 e. The minimum absolute atomic E-state index is 0.0620. The molecular weight excluding hydrogens is 375 g/mol. The van der Waals surface area contributed by atoms with Crippen LogP contribution in [-0.4, -0.2) is 36.3 Å². The number of anilines is 1. The van der Waals surface area contributed by atoms with Crippen LogP contribution < -0.4 is 9.64 Å². The molecule has 0 saturated carbocycles. The SMILES string of the molecule is COc1ccc(-c2csc3ncnc(N4CCC[C@H](C(F)(F)F)C4)c23)cc1. The van der Waals surface area contributed by atoms with E-state index in [2.05, 4.69) is 9.97 Å². The third-order valence-electron chi connectivity index (χ3n) is 4.94. The Balaban J connectivity index is 1.76. The summed E-state index contributed by atoms with van der Waals surface area (Å²) < 4.78 is 44.9. The van der Waals surface area contributed by atoms with Gasteiger partial charge in [-0.3, -0.25) is 0 Å². The summed E-state index contributed by atoms with van der Waals surface area (Å²) >= 11 is 1.47. The largest absolute Gasteiger partial charge is 0.497 e. The molecule has 8 heteroatoms. The molecule has 4 rings (SSSR count). The summed E-state index contributed by atoms with van der Waals surface area (Å²) in [5, 5.41) is 2.80. The number of piperidine rings is 1. The van der Waals surface area contributed by atoms with Crippen molar-refractivity contribution in [3.8, 4) is 16.9 Å². The van der Waals surface area contributed by atoms with Crippen molar-refractivity contribution < 1.29 is 17.9 Å². The van der Waals surface area contributed by atoms with Crippen molar-refractivity contribution in [1.29, 1.82) is 0 Å². The van der Waals surface area contributed by atoms with Gasteiger partial charge in [-0.1, -0.05) is 12.1 Å². The Bertz CT molecular complexity index is 940. The third-order valence-corrected chi connectivity index (χ3v) is 5.82. The number of thiophene rings is 1. The van der Waals surface area contributed by atoms with Crippen LogP contribution in [0.2, 0.25) is 0 Å². The first kappa shape index (κ1) is 18.0. The number of methoxy groups -OCH3 is 1. The molecule has 0 N–H and O–H groups in total. The van der Waals surface area contributed by atoms with E-state index in [1.54, 1.807) is 12.0 Å². The monoisotopic (exact) mass is 393 g/mol. The van der Waals surface area contributed by atoms with Crippen LogP contribution in [0.1, 0.15) is 12.8 Å². The van der Waals surface area contributed by atoms with Crippen LogP contribution in [0.4, 0.5) is 19.0 Å². The van der Waals surface area contributed by atoms with Gasteiger partial charge in [0.25, 0.3) is 0 Å². The second-order valence-electron chi connectivity index (χ2n) is 6.58. The molecule has 1 fully saturated rings. The number of halogens is 3. The maximum Gasteiger partial charge on any atom is 0.393 e. The molecule has 1 saturated heterocycles. The third kappa shape index (κ3) is 3.45. The van der Waals surface area contributed by atoms with Gasteiger partial charge in [0.05, 0.1) is 18.4 Å². The maximum atomic E-state index is 13.2. The zero-order valence-electron chi connectivity index (χ0n) is 14.7. The fraction of sp³-hybridized carbons (Fsp3) is 0.368. The summed E-state index contributed by atoms with van der Waals surface area (Å²) in [5.74, 6) is 0.0131. The molecule has 4 nitrogen and oxygen atoms in total. The van der Waals surface area contributed by atoms with Gasteiger partial charge >= 0.3 is 6.18 Å². The lowest BCUT2D eigenvalue weighted by Gasteiger charge is -2.34. The van der Waals surface area contributed by atoms with E-state index in [1.165, 1.54) is 17.7 Å². The van der Waals surface area contributed by atoms with Crippen molar-refractivity contribution in [3.05, 3.63) is 36.0 Å². The van der Waals surface area contributed by atoms with Gasteiger partial charge in [0.2, 0.25) is 0 Å². The molecule has 0 unspecified atom stereocenters. The standard InChI is InChI=1S/C19H18F3N3OS/c1-26-14-6-4-12(5-7-14)15-10-27-18-16(15)17(23-11-24-18)25-8-2-3-13(9-25)19(20,21)22/h4-7,10-11,13H,2-3,8-9H2,1H3/t13-/m0/s1. The minimum atomic E-state index is -4.18. The van der Waals surface area contributed by atoms with E-state index >= 15 is 0 Å². The highest BCUT2D eigenvalue weighted by Gasteiger charge is 2.42. The molecule has 27 heavy (non-hydrogen) atoms. The van der Waals surface area contributed by atoms with Crippen LogP contribution in [0, 0.1) is 5.92 Å². The van der Waals surface area contributed by atoms with E-state index in [9.17, 15) is 13.2 Å². The predicted molar refractivity (Wildman–Crippen MR) is 100 cm³/mol. The van der Waals surface area contributed by atoms with Crippen LogP contribution in [0.5, 0.6) is 5.75 Å². The molecule has 3 heterocycles. The molecule has 0 amide bonds. The van der Waals surface area contributed by atoms with E-state index in [4.69, 9.17) is 4.74 Å². The molecule has 142 valence electrons. The van der Waals surface area contributed by atoms with Crippen molar-refractivity contribution in [2.24, 2.45) is 5.92 Å². The van der Waals surface area contributed by atoms with Crippen molar-refractivity contribution in [2.75, 3.05) is 25.1 Å². The lowest BCUT2D eigenvalue weighted by Crippen LogP contribution is -2.42. The first-order valence-electron chi connectivity index (χ1n) is 8.65. The van der Waals surface area contributed by atoms with Crippen molar-refractivity contribution >= 4 is 27.4 Å². The Morgan fingerprint density at radius 2 is 1.96 bits per heavy atom. The van der Waals surface area contributed by atoms with Crippen LogP contribution in [0.25, 0.3) is 21.3 Å². The average molecular weight is 393 g/mol. The summed E-state index contributed by atoms with van der Waals surface area (Å²) in [7, 11) is 1.61. The summed E-state index contributed by atoms with van der Waals surface area (Å²) in [6.45, 7) is 0.504. The number of ether oxygens (including phenoxy) is 1. The van der Waals surface area contributed by atoms with E-state index in [1.807, 2.05) is 29.6 Å². The molecule has 0 radical (unpaired) electrons. The van der Waals surface area contributed by atoms with E-state index < -0.39 is 12.1 Å². The molecular formula is C19H18F3N3OS. The van der Waals surface area contributed by atoms with Crippen molar-refractivity contribution in [1.82, 2.24) is 9.97 Å². The van der Waals surface area contributed by atoms with Gasteiger partial charge in [-0.2, -0.15) is 13.2 Å². The normalized spacial score (nSPS) is 18.1. The highest BCUT2D eigenvalue weighted by Crippen LogP contribution is 2.41. The number of benzene rings is 1. The highest BCUT2D eigenvalue weighted by atomic mass is 32.1. The summed E-state index contributed by atoms with van der Waals surface area (Å²) in [6, 6.07) is 7.60. The van der Waals surface area contributed by atoms with Gasteiger partial charge in [-0.15, -0.1) is 11.3 Å². The lowest BCUT2D eigenvalue weighted by molar-refractivity contribution is -0.176. The van der Waals surface area contributed by atoms with Crippen LogP contribution in [0.3, 0.4) is 0 Å². The van der Waals surface area contributed by atoms with Crippen LogP contribution in [-0.2, 0) is 0 Å². The number of rotatable bonds is 3. The smallest absolute Gasteiger partial charge is 0.393 e. The molecule has 1 atom stereocenters. The quantitative estimate of drug-likeness (QED) is 0.617. The van der Waals surface area contributed by atoms with E-state index in [0.717, 1.165) is 27.1 Å². The van der Waals surface area contributed by atoms with Gasteiger partial charge < -0.3 is 9.64 Å². The summed E-state index contributed by atoms with van der Waals surface area (Å²) in [6.07, 6.45) is -2.08. The molecule has 1 aliphatic heterocycles. The van der Waals surface area contributed by atoms with Gasteiger partial charge in [-0.05, 0) is 30.5 Å². The molecule has 2 aromatic heterocycles. The second-order valence-corrected chi connectivity index (χ2v) is 7.44. The van der Waals surface area contributed by atoms with Gasteiger partial charge in [0.1, 0.15) is 22.7 Å². The zero-order chi connectivity index (χ0) is 19.0. The number of fused-ring (bicyclic) bond motifs is 1. The topological polar surface area (TPSA) is 38.3 Å². The van der Waals surface area contributed by atoms with Gasteiger partial charge in [-0.25, -0.2) is 9.97 Å². The van der Waals surface area contributed by atoms with Crippen molar-refractivity contribution in [3.63, 3.8) is 0 Å². The number of alkyl halides is 3. The van der Waals surface area contributed by atoms with Crippen LogP contribution >= 0.6 is 11.3 Å². The average Bonchev–Trinajstić information content (AvgIpc) is 3.12. The molecule has 0 bridgehead atoms. The highest BCUT2D eigenvalue weighted by molar-refractivity contribution is 7.17. The molecule has 1 aliphatic rings. The van der Waals surface area contributed by atoms with Crippen molar-refractivity contribution in [2.45, 2.75) is 19.0 Å². The maximum absolute atomic E-state index is 13.2. The molecule has 3 aromatic rings. The van der Waals surface area contributed by atoms with E-state index in [0.29, 0.717) is 18.8 Å². The first-order chi connectivity index (χ1) is 13.0. The molecule has 1 aromatic carbocycles. The van der Waals surface area contributed by atoms with E-state index in [-0.39, 0.29) is 13.0 Å². The summed E-state index contributed by atoms with van der Waals surface area (Å²) in [4.78, 5) is 11.2. The number of aromatic nitrogens is 2. The Kier molecular flexibility index (Phi) is 4.67. The summed E-state index contributed by atoms with van der Waals surface area (Å²) in [5.41, 5.74) is 1.89. The number of hydrogen-bond donors (Lipinski definition) is 0. The zero-order valence-corrected chi connectivity index (χ0v) is 15.5. The Hall–Kier alpha value is -2.35. The Labute approximate surface area is 158 Å². The van der Waals surface area contributed by atoms with Gasteiger partial charge in [0.15, 0.2) is 0 Å². The first-order valence-corrected chi connectivity index (χ1v) is 9.53. The Morgan fingerprint density at radius 3 is 2.67 bits per heavy atom. The lowest BCUT2D eigenvalue weighted by atomic mass is 9.97. The predicted octanol–water partition coefficient (Wildman–Crippen LogP) is 5.15. The van der Waals surface area contributed by atoms with Gasteiger partial charge in [0, 0.05) is 24.0 Å². The number of hydrogen-bond acceptors (Lipinski definition) is 5. The second kappa shape index (κ2) is 6.99. The fourth-order valence-corrected chi connectivity index (χ4v) is 4.43. The fourth-order valence-electron chi connectivity index (χ4n) is 3.52. The molecule has 0 aliphatic carbocycles. The van der Waals surface area contributed by atoms with Crippen LogP contribution in [0.15, 0.2) is 36.0 Å². The number of nitrogens with zero attached hydrogens (tertiary/aromatic N) is 3. The Morgan fingerprint density at radius 1 is 1.19 bits per heavy atom.